The molecule has 1 aromatic rings. The second kappa shape index (κ2) is 8.94. The van der Waals surface area contributed by atoms with Crippen molar-refractivity contribution in [3.8, 4) is 0 Å². The summed E-state index contributed by atoms with van der Waals surface area (Å²) in [5.74, 6) is 0. The smallest absolute Gasteiger partial charge is 0.0825 e. The molecule has 6 heteroatoms. The number of anilines is 1. The maximum Gasteiger partial charge on any atom is 0.0825 e. The molecule has 0 aliphatic carbocycles. The number of hydrogen-bond acceptors (Lipinski definition) is 4. The maximum atomic E-state index is 10.1. The van der Waals surface area contributed by atoms with Gasteiger partial charge in [-0.3, -0.25) is 4.90 Å². The van der Waals surface area contributed by atoms with Gasteiger partial charge in [0, 0.05) is 32.7 Å². The van der Waals surface area contributed by atoms with E-state index in [9.17, 15) is 5.11 Å². The van der Waals surface area contributed by atoms with Gasteiger partial charge in [-0.2, -0.15) is 0 Å². The molecule has 1 saturated heterocycles. The van der Waals surface area contributed by atoms with Gasteiger partial charge in [-0.05, 0) is 31.6 Å². The molecule has 0 saturated carbocycles. The number of piperazine rings is 1. The first-order valence-corrected chi connectivity index (χ1v) is 8.67. The fourth-order valence-corrected chi connectivity index (χ4v) is 3.16. The SMILES string of the molecule is CCNCCC(O)CN1CCN(c2cccc(Cl)c2Cl)CC1. The molecule has 1 atom stereocenters. The number of rotatable bonds is 7. The summed E-state index contributed by atoms with van der Waals surface area (Å²) in [7, 11) is 0. The van der Waals surface area contributed by atoms with Crippen LogP contribution in [0.1, 0.15) is 13.3 Å². The number of hydrogen-bond donors (Lipinski definition) is 2. The summed E-state index contributed by atoms with van der Waals surface area (Å²) >= 11 is 12.4. The monoisotopic (exact) mass is 345 g/mol. The molecular weight excluding hydrogens is 321 g/mol. The second-order valence-corrected chi connectivity index (χ2v) is 6.44. The number of benzene rings is 1. The standard InChI is InChI=1S/C16H25Cl2N3O/c1-2-19-7-6-13(22)12-20-8-10-21(11-9-20)15-5-3-4-14(17)16(15)18/h3-5,13,19,22H,2,6-12H2,1H3. The molecule has 1 heterocycles. The number of aliphatic hydroxyl groups is 1. The third-order valence-electron chi connectivity index (χ3n) is 4.02. The summed E-state index contributed by atoms with van der Waals surface area (Å²) in [6, 6.07) is 5.75. The molecule has 124 valence electrons. The normalized spacial score (nSPS) is 17.7. The van der Waals surface area contributed by atoms with E-state index >= 15 is 0 Å². The average molecular weight is 346 g/mol. The Morgan fingerprint density at radius 3 is 2.64 bits per heavy atom. The Balaban J connectivity index is 1.79. The Hall–Kier alpha value is -0.520. The van der Waals surface area contributed by atoms with Crippen molar-refractivity contribution in [3.63, 3.8) is 0 Å². The molecule has 0 bridgehead atoms. The Labute approximate surface area is 143 Å². The Bertz CT molecular complexity index is 465. The van der Waals surface area contributed by atoms with Crippen LogP contribution < -0.4 is 10.2 Å². The van der Waals surface area contributed by atoms with Gasteiger partial charge in [0.05, 0.1) is 21.8 Å². The first-order chi connectivity index (χ1) is 10.6. The molecule has 1 unspecified atom stereocenters. The zero-order chi connectivity index (χ0) is 15.9. The van der Waals surface area contributed by atoms with Gasteiger partial charge in [-0.15, -0.1) is 0 Å². The summed E-state index contributed by atoms with van der Waals surface area (Å²) in [5, 5.41) is 14.5. The summed E-state index contributed by atoms with van der Waals surface area (Å²) in [4.78, 5) is 4.57. The highest BCUT2D eigenvalue weighted by molar-refractivity contribution is 6.43. The van der Waals surface area contributed by atoms with Gasteiger partial charge in [0.1, 0.15) is 0 Å². The van der Waals surface area contributed by atoms with Crippen LogP contribution in [0.4, 0.5) is 5.69 Å². The van der Waals surface area contributed by atoms with Crippen LogP contribution in [-0.4, -0.2) is 61.9 Å². The number of nitrogens with zero attached hydrogens (tertiary/aromatic N) is 2. The minimum Gasteiger partial charge on any atom is -0.392 e. The lowest BCUT2D eigenvalue weighted by Crippen LogP contribution is -2.48. The summed E-state index contributed by atoms with van der Waals surface area (Å²) in [6.07, 6.45) is 0.536. The first kappa shape index (κ1) is 17.8. The zero-order valence-corrected chi connectivity index (χ0v) is 14.6. The predicted octanol–water partition coefficient (Wildman–Crippen LogP) is 2.48. The number of nitrogens with one attached hydrogen (secondary N) is 1. The van der Waals surface area contributed by atoms with E-state index in [1.165, 1.54) is 0 Å². The number of halogens is 2. The molecule has 2 N–H and O–H groups in total. The lowest BCUT2D eigenvalue weighted by atomic mass is 10.2. The van der Waals surface area contributed by atoms with Crippen molar-refractivity contribution >= 4 is 28.9 Å². The molecule has 1 aliphatic rings. The molecule has 22 heavy (non-hydrogen) atoms. The Kier molecular flexibility index (Phi) is 7.25. The third kappa shape index (κ3) is 5.00. The van der Waals surface area contributed by atoms with Crippen LogP contribution in [0.25, 0.3) is 0 Å². The van der Waals surface area contributed by atoms with E-state index < -0.39 is 0 Å². The van der Waals surface area contributed by atoms with Crippen LogP contribution in [0.2, 0.25) is 10.0 Å². The highest BCUT2D eigenvalue weighted by atomic mass is 35.5. The van der Waals surface area contributed by atoms with Gasteiger partial charge in [-0.1, -0.05) is 36.2 Å². The maximum absolute atomic E-state index is 10.1. The molecule has 1 aromatic carbocycles. The van der Waals surface area contributed by atoms with Gasteiger partial charge in [0.2, 0.25) is 0 Å². The summed E-state index contributed by atoms with van der Waals surface area (Å²) < 4.78 is 0. The largest absolute Gasteiger partial charge is 0.392 e. The Morgan fingerprint density at radius 2 is 1.95 bits per heavy atom. The molecular formula is C16H25Cl2N3O. The van der Waals surface area contributed by atoms with Crippen LogP contribution in [0, 0.1) is 0 Å². The van der Waals surface area contributed by atoms with Crippen molar-refractivity contribution in [2.45, 2.75) is 19.4 Å². The topological polar surface area (TPSA) is 38.7 Å². The molecule has 1 aliphatic heterocycles. The lowest BCUT2D eigenvalue weighted by molar-refractivity contribution is 0.102. The van der Waals surface area contributed by atoms with E-state index in [1.807, 2.05) is 18.2 Å². The molecule has 0 amide bonds. The fourth-order valence-electron chi connectivity index (χ4n) is 2.74. The van der Waals surface area contributed by atoms with E-state index in [2.05, 4.69) is 22.0 Å². The van der Waals surface area contributed by atoms with Crippen molar-refractivity contribution in [3.05, 3.63) is 28.2 Å². The number of aliphatic hydroxyl groups excluding tert-OH is 1. The van der Waals surface area contributed by atoms with Crippen molar-refractivity contribution in [2.24, 2.45) is 0 Å². The van der Waals surface area contributed by atoms with Gasteiger partial charge < -0.3 is 15.3 Å². The third-order valence-corrected chi connectivity index (χ3v) is 4.83. The highest BCUT2D eigenvalue weighted by Crippen LogP contribution is 2.32. The van der Waals surface area contributed by atoms with Crippen molar-refractivity contribution < 1.29 is 5.11 Å². The number of β-amino-alcohol motifs (C(OH)–C–C–N with tert-alkyl or cyclic N) is 1. The lowest BCUT2D eigenvalue weighted by Gasteiger charge is -2.37. The second-order valence-electron chi connectivity index (χ2n) is 5.66. The van der Waals surface area contributed by atoms with E-state index in [4.69, 9.17) is 23.2 Å². The minimum absolute atomic E-state index is 0.264. The summed E-state index contributed by atoms with van der Waals surface area (Å²) in [6.45, 7) is 8.30. The van der Waals surface area contributed by atoms with Crippen molar-refractivity contribution in [2.75, 3.05) is 50.7 Å². The van der Waals surface area contributed by atoms with E-state index in [0.29, 0.717) is 10.0 Å². The van der Waals surface area contributed by atoms with Gasteiger partial charge in [0.15, 0.2) is 0 Å². The van der Waals surface area contributed by atoms with Crippen LogP contribution >= 0.6 is 23.2 Å². The van der Waals surface area contributed by atoms with Crippen LogP contribution in [0.3, 0.4) is 0 Å². The molecule has 2 rings (SSSR count). The molecule has 0 spiro atoms. The van der Waals surface area contributed by atoms with Gasteiger partial charge in [-0.25, -0.2) is 0 Å². The van der Waals surface area contributed by atoms with E-state index in [1.54, 1.807) is 0 Å². The van der Waals surface area contributed by atoms with E-state index in [0.717, 1.165) is 57.9 Å². The van der Waals surface area contributed by atoms with Crippen molar-refractivity contribution in [1.82, 2.24) is 10.2 Å². The summed E-state index contributed by atoms with van der Waals surface area (Å²) in [5.41, 5.74) is 1.00. The minimum atomic E-state index is -0.264. The van der Waals surface area contributed by atoms with Crippen LogP contribution in [-0.2, 0) is 0 Å². The van der Waals surface area contributed by atoms with Gasteiger partial charge >= 0.3 is 0 Å². The quantitative estimate of drug-likeness (QED) is 0.744. The molecule has 0 radical (unpaired) electrons. The average Bonchev–Trinajstić information content (AvgIpc) is 2.51. The highest BCUT2D eigenvalue weighted by Gasteiger charge is 2.21. The zero-order valence-electron chi connectivity index (χ0n) is 13.1. The van der Waals surface area contributed by atoms with Crippen molar-refractivity contribution in [1.29, 1.82) is 0 Å². The molecule has 1 fully saturated rings. The van der Waals surface area contributed by atoms with Crippen LogP contribution in [0.5, 0.6) is 0 Å². The molecule has 4 nitrogen and oxygen atoms in total. The van der Waals surface area contributed by atoms with Crippen LogP contribution in [0.15, 0.2) is 18.2 Å². The Morgan fingerprint density at radius 1 is 1.23 bits per heavy atom. The van der Waals surface area contributed by atoms with Gasteiger partial charge in [0.25, 0.3) is 0 Å². The predicted molar refractivity (Wildman–Crippen MR) is 94.3 cm³/mol. The fraction of sp³-hybridized carbons (Fsp3) is 0.625. The van der Waals surface area contributed by atoms with E-state index in [-0.39, 0.29) is 6.10 Å². The molecule has 0 aromatic heterocycles. The first-order valence-electron chi connectivity index (χ1n) is 7.92.